The number of benzene rings is 3. The molecule has 8 nitrogen and oxygen atoms in total. The van der Waals surface area contributed by atoms with Crippen molar-refractivity contribution in [1.29, 1.82) is 0 Å². The van der Waals surface area contributed by atoms with Crippen molar-refractivity contribution in [3.63, 3.8) is 0 Å². The van der Waals surface area contributed by atoms with Crippen molar-refractivity contribution in [3.8, 4) is 28.6 Å². The number of carbonyl (C=O) groups is 1. The van der Waals surface area contributed by atoms with E-state index in [0.717, 1.165) is 16.6 Å². The third-order valence-corrected chi connectivity index (χ3v) is 6.10. The Labute approximate surface area is 221 Å². The Hall–Kier alpha value is -5.57. The van der Waals surface area contributed by atoms with E-state index in [1.165, 1.54) is 47.4 Å². The molecule has 0 aliphatic rings. The first-order valence-electron chi connectivity index (χ1n) is 12.0. The summed E-state index contributed by atoms with van der Waals surface area (Å²) in [6, 6.07) is 27.0. The summed E-state index contributed by atoms with van der Waals surface area (Å²) >= 11 is 0. The van der Waals surface area contributed by atoms with Crippen molar-refractivity contribution < 1.29 is 13.9 Å². The molecule has 0 saturated carbocycles. The third kappa shape index (κ3) is 4.88. The van der Waals surface area contributed by atoms with Gasteiger partial charge in [0, 0.05) is 23.3 Å². The molecule has 0 atom stereocenters. The Morgan fingerprint density at radius 3 is 2.44 bits per heavy atom. The van der Waals surface area contributed by atoms with E-state index < -0.39 is 17.3 Å². The number of hydrogen-bond acceptors (Lipinski definition) is 5. The molecule has 0 fully saturated rings. The second kappa shape index (κ2) is 10.1. The summed E-state index contributed by atoms with van der Waals surface area (Å²) in [5.74, 6) is -0.0830. The highest BCUT2D eigenvalue weighted by Crippen LogP contribution is 2.31. The van der Waals surface area contributed by atoms with Crippen molar-refractivity contribution in [1.82, 2.24) is 19.5 Å². The van der Waals surface area contributed by atoms with E-state index in [9.17, 15) is 14.0 Å². The summed E-state index contributed by atoms with van der Waals surface area (Å²) in [7, 11) is 0. The standard InChI is InChI=1S/C30H20FN5O3/c31-20-8-12-22(13-9-20)36-16-4-7-24(30(36)38)28(37)34-21-10-14-23(15-11-21)39-29-25-17-26(19-5-2-1-3-6-19)35-27(25)32-18-33-29/h1-18H,(H,34,37)(H,32,33,35). The van der Waals surface area contributed by atoms with Gasteiger partial charge in [0.25, 0.3) is 11.5 Å². The molecule has 0 bridgehead atoms. The summed E-state index contributed by atoms with van der Waals surface area (Å²) in [5, 5.41) is 3.46. The third-order valence-electron chi connectivity index (χ3n) is 6.10. The fraction of sp³-hybridized carbons (Fsp3) is 0. The van der Waals surface area contributed by atoms with E-state index in [-0.39, 0.29) is 5.56 Å². The van der Waals surface area contributed by atoms with Gasteiger partial charge in [0.05, 0.1) is 5.39 Å². The molecule has 9 heteroatoms. The highest BCUT2D eigenvalue weighted by Gasteiger charge is 2.15. The molecule has 190 valence electrons. The molecule has 3 heterocycles. The molecule has 0 radical (unpaired) electrons. The maximum absolute atomic E-state index is 13.3. The predicted octanol–water partition coefficient (Wildman–Crippen LogP) is 5.96. The summed E-state index contributed by atoms with van der Waals surface area (Å²) in [4.78, 5) is 37.7. The number of carbonyl (C=O) groups excluding carboxylic acids is 1. The lowest BCUT2D eigenvalue weighted by Crippen LogP contribution is -2.27. The van der Waals surface area contributed by atoms with Gasteiger partial charge in [-0.05, 0) is 72.3 Å². The maximum atomic E-state index is 13.3. The molecule has 0 saturated heterocycles. The van der Waals surface area contributed by atoms with Crippen LogP contribution in [0.15, 0.2) is 114 Å². The fourth-order valence-corrected chi connectivity index (χ4v) is 4.16. The first-order chi connectivity index (χ1) is 19.0. The average Bonchev–Trinajstić information content (AvgIpc) is 3.41. The number of aromatic nitrogens is 4. The van der Waals surface area contributed by atoms with Crippen LogP contribution in [0.4, 0.5) is 10.1 Å². The number of nitrogens with zero attached hydrogens (tertiary/aromatic N) is 3. The summed E-state index contributed by atoms with van der Waals surface area (Å²) in [5.41, 5.74) is 2.93. The smallest absolute Gasteiger partial charge is 0.267 e. The molecular weight excluding hydrogens is 497 g/mol. The van der Waals surface area contributed by atoms with Gasteiger partial charge in [-0.3, -0.25) is 14.2 Å². The molecule has 3 aromatic carbocycles. The van der Waals surface area contributed by atoms with E-state index in [1.54, 1.807) is 30.3 Å². The first-order valence-corrected chi connectivity index (χ1v) is 12.0. The van der Waals surface area contributed by atoms with Crippen LogP contribution in [0.3, 0.4) is 0 Å². The van der Waals surface area contributed by atoms with Gasteiger partial charge < -0.3 is 15.0 Å². The highest BCUT2D eigenvalue weighted by molar-refractivity contribution is 6.04. The van der Waals surface area contributed by atoms with E-state index in [2.05, 4.69) is 20.3 Å². The van der Waals surface area contributed by atoms with E-state index >= 15 is 0 Å². The van der Waals surface area contributed by atoms with Crippen LogP contribution in [-0.4, -0.2) is 25.4 Å². The van der Waals surface area contributed by atoms with Crippen molar-refractivity contribution in [2.75, 3.05) is 5.32 Å². The van der Waals surface area contributed by atoms with Crippen LogP contribution in [0.25, 0.3) is 28.0 Å². The number of aromatic amines is 1. The van der Waals surface area contributed by atoms with Crippen LogP contribution >= 0.6 is 0 Å². The second-order valence-electron chi connectivity index (χ2n) is 8.64. The molecule has 2 N–H and O–H groups in total. The van der Waals surface area contributed by atoms with Gasteiger partial charge in [0.2, 0.25) is 5.88 Å². The number of H-pyrrole nitrogens is 1. The van der Waals surface area contributed by atoms with Crippen LogP contribution in [0, 0.1) is 5.82 Å². The van der Waals surface area contributed by atoms with Gasteiger partial charge in [-0.1, -0.05) is 30.3 Å². The lowest BCUT2D eigenvalue weighted by molar-refractivity contribution is 0.102. The van der Waals surface area contributed by atoms with Gasteiger partial charge in [-0.25, -0.2) is 14.4 Å². The number of amides is 1. The van der Waals surface area contributed by atoms with E-state index in [1.807, 2.05) is 36.4 Å². The van der Waals surface area contributed by atoms with Crippen molar-refractivity contribution in [2.45, 2.75) is 0 Å². The van der Waals surface area contributed by atoms with Gasteiger partial charge in [0.1, 0.15) is 29.1 Å². The summed E-state index contributed by atoms with van der Waals surface area (Å²) in [6.45, 7) is 0. The number of nitrogens with one attached hydrogen (secondary N) is 2. The van der Waals surface area contributed by atoms with Crippen LogP contribution < -0.4 is 15.6 Å². The molecule has 3 aromatic heterocycles. The van der Waals surface area contributed by atoms with Crippen molar-refractivity contribution >= 4 is 22.6 Å². The Morgan fingerprint density at radius 1 is 0.897 bits per heavy atom. The Morgan fingerprint density at radius 2 is 1.67 bits per heavy atom. The van der Waals surface area contributed by atoms with Crippen LogP contribution in [0.2, 0.25) is 0 Å². The average molecular weight is 518 g/mol. The van der Waals surface area contributed by atoms with Crippen LogP contribution in [-0.2, 0) is 0 Å². The quantitative estimate of drug-likeness (QED) is 0.284. The molecule has 0 unspecified atom stereocenters. The van der Waals surface area contributed by atoms with Crippen LogP contribution in [0.1, 0.15) is 10.4 Å². The molecule has 1 amide bonds. The number of halogens is 1. The summed E-state index contributed by atoms with van der Waals surface area (Å²) < 4.78 is 20.6. The largest absolute Gasteiger partial charge is 0.438 e. The molecule has 0 spiro atoms. The zero-order valence-electron chi connectivity index (χ0n) is 20.3. The zero-order chi connectivity index (χ0) is 26.8. The monoisotopic (exact) mass is 517 g/mol. The lowest BCUT2D eigenvalue weighted by atomic mass is 10.1. The van der Waals surface area contributed by atoms with Gasteiger partial charge in [0.15, 0.2) is 0 Å². The maximum Gasteiger partial charge on any atom is 0.267 e. The van der Waals surface area contributed by atoms with Crippen molar-refractivity contribution in [3.05, 3.63) is 131 Å². The highest BCUT2D eigenvalue weighted by atomic mass is 19.1. The number of rotatable bonds is 6. The number of hydrogen-bond donors (Lipinski definition) is 2. The van der Waals surface area contributed by atoms with E-state index in [4.69, 9.17) is 4.74 Å². The number of ether oxygens (including phenoxy) is 1. The predicted molar refractivity (Wildman–Crippen MR) is 146 cm³/mol. The van der Waals surface area contributed by atoms with E-state index in [0.29, 0.717) is 28.7 Å². The number of fused-ring (bicyclic) bond motifs is 1. The molecule has 0 aliphatic heterocycles. The first kappa shape index (κ1) is 23.8. The van der Waals surface area contributed by atoms with Crippen LogP contribution in [0.5, 0.6) is 11.6 Å². The molecule has 39 heavy (non-hydrogen) atoms. The van der Waals surface area contributed by atoms with Gasteiger partial charge >= 0.3 is 0 Å². The number of pyridine rings is 1. The summed E-state index contributed by atoms with van der Waals surface area (Å²) in [6.07, 6.45) is 2.95. The molecular formula is C30H20FN5O3. The zero-order valence-corrected chi connectivity index (χ0v) is 20.3. The second-order valence-corrected chi connectivity index (χ2v) is 8.64. The molecule has 6 aromatic rings. The molecule has 6 rings (SSSR count). The normalized spacial score (nSPS) is 10.9. The Bertz CT molecular complexity index is 1850. The topological polar surface area (TPSA) is 102 Å². The number of anilines is 1. The minimum atomic E-state index is -0.566. The van der Waals surface area contributed by atoms with Gasteiger partial charge in [-0.2, -0.15) is 0 Å². The molecule has 0 aliphatic carbocycles. The minimum Gasteiger partial charge on any atom is -0.438 e. The lowest BCUT2D eigenvalue weighted by Gasteiger charge is -2.10. The van der Waals surface area contributed by atoms with Crippen molar-refractivity contribution in [2.24, 2.45) is 0 Å². The Balaban J connectivity index is 1.19. The fourth-order valence-electron chi connectivity index (χ4n) is 4.16. The minimum absolute atomic E-state index is 0.0489. The van der Waals surface area contributed by atoms with Gasteiger partial charge in [-0.15, -0.1) is 0 Å². The Kier molecular flexibility index (Phi) is 6.14. The SMILES string of the molecule is O=C(Nc1ccc(Oc2ncnc3[nH]c(-c4ccccc4)cc23)cc1)c1cccn(-c2ccc(F)cc2)c1=O.